The van der Waals surface area contributed by atoms with Crippen LogP contribution < -0.4 is 10.5 Å². The minimum Gasteiger partial charge on any atom is -0.477 e. The summed E-state index contributed by atoms with van der Waals surface area (Å²) < 4.78 is 5.39. The lowest BCUT2D eigenvalue weighted by molar-refractivity contribution is 0.0690. The molecule has 2 aromatic rings. The van der Waals surface area contributed by atoms with Crippen LogP contribution in [0.2, 0.25) is 5.02 Å². The summed E-state index contributed by atoms with van der Waals surface area (Å²) in [5.74, 6) is -1.13. The average molecular weight is 279 g/mol. The molecule has 0 amide bonds. The summed E-state index contributed by atoms with van der Waals surface area (Å²) in [6.45, 7) is 0.136. The molecule has 0 bridgehead atoms. The predicted molar refractivity (Wildman–Crippen MR) is 71.4 cm³/mol. The van der Waals surface area contributed by atoms with Crippen LogP contribution in [0.4, 0.5) is 5.69 Å². The van der Waals surface area contributed by atoms with Crippen molar-refractivity contribution in [2.24, 2.45) is 0 Å². The van der Waals surface area contributed by atoms with E-state index in [4.69, 9.17) is 27.2 Å². The van der Waals surface area contributed by atoms with Crippen LogP contribution >= 0.6 is 11.6 Å². The number of anilines is 1. The number of halogens is 1. The fourth-order valence-corrected chi connectivity index (χ4v) is 1.69. The molecule has 3 N–H and O–H groups in total. The van der Waals surface area contributed by atoms with Gasteiger partial charge < -0.3 is 15.6 Å². The maximum Gasteiger partial charge on any atom is 0.341 e. The molecule has 0 atom stereocenters. The SMILES string of the molecule is Nc1cnc(OCc2ccccc2Cl)c(C(=O)O)c1. The predicted octanol–water partition coefficient (Wildman–Crippen LogP) is 2.59. The second kappa shape index (κ2) is 5.58. The van der Waals surface area contributed by atoms with Crippen LogP contribution in [-0.2, 0) is 6.61 Å². The van der Waals surface area contributed by atoms with Crippen molar-refractivity contribution < 1.29 is 14.6 Å². The van der Waals surface area contributed by atoms with Crippen LogP contribution in [0, 0.1) is 0 Å². The summed E-state index contributed by atoms with van der Waals surface area (Å²) in [6.07, 6.45) is 1.34. The molecule has 0 aliphatic rings. The number of rotatable bonds is 4. The van der Waals surface area contributed by atoms with Crippen LogP contribution in [0.3, 0.4) is 0 Å². The summed E-state index contributed by atoms with van der Waals surface area (Å²) >= 11 is 5.98. The van der Waals surface area contributed by atoms with Gasteiger partial charge in [-0.1, -0.05) is 29.8 Å². The summed E-state index contributed by atoms with van der Waals surface area (Å²) in [7, 11) is 0. The summed E-state index contributed by atoms with van der Waals surface area (Å²) in [5, 5.41) is 9.59. The van der Waals surface area contributed by atoms with E-state index in [-0.39, 0.29) is 23.7 Å². The van der Waals surface area contributed by atoms with Gasteiger partial charge >= 0.3 is 5.97 Å². The van der Waals surface area contributed by atoms with Gasteiger partial charge in [-0.3, -0.25) is 0 Å². The first-order valence-corrected chi connectivity index (χ1v) is 5.80. The molecule has 19 heavy (non-hydrogen) atoms. The van der Waals surface area contributed by atoms with E-state index in [0.717, 1.165) is 5.56 Å². The molecular formula is C13H11ClN2O3. The third-order valence-corrected chi connectivity index (χ3v) is 2.79. The molecule has 6 heteroatoms. The third kappa shape index (κ3) is 3.14. The fraction of sp³-hybridized carbons (Fsp3) is 0.0769. The van der Waals surface area contributed by atoms with Crippen molar-refractivity contribution in [2.45, 2.75) is 6.61 Å². The maximum absolute atomic E-state index is 11.1. The second-order valence-corrected chi connectivity index (χ2v) is 4.21. The highest BCUT2D eigenvalue weighted by Crippen LogP contribution is 2.21. The highest BCUT2D eigenvalue weighted by atomic mass is 35.5. The summed E-state index contributed by atoms with van der Waals surface area (Å²) in [6, 6.07) is 8.45. The quantitative estimate of drug-likeness (QED) is 0.898. The Morgan fingerprint density at radius 3 is 2.84 bits per heavy atom. The number of hydrogen-bond acceptors (Lipinski definition) is 4. The first-order valence-electron chi connectivity index (χ1n) is 5.43. The number of hydrogen-bond donors (Lipinski definition) is 2. The van der Waals surface area contributed by atoms with Crippen molar-refractivity contribution in [2.75, 3.05) is 5.73 Å². The van der Waals surface area contributed by atoms with E-state index in [1.54, 1.807) is 18.2 Å². The first-order chi connectivity index (χ1) is 9.08. The fourth-order valence-electron chi connectivity index (χ4n) is 1.50. The van der Waals surface area contributed by atoms with E-state index in [0.29, 0.717) is 5.02 Å². The smallest absolute Gasteiger partial charge is 0.341 e. The molecule has 0 radical (unpaired) electrons. The van der Waals surface area contributed by atoms with Crippen LogP contribution in [0.5, 0.6) is 5.88 Å². The Kier molecular flexibility index (Phi) is 3.87. The number of carboxylic acids is 1. The Hall–Kier alpha value is -2.27. The van der Waals surface area contributed by atoms with Gasteiger partial charge in [0, 0.05) is 10.6 Å². The maximum atomic E-state index is 11.1. The molecule has 2 rings (SSSR count). The topological polar surface area (TPSA) is 85.4 Å². The zero-order valence-corrected chi connectivity index (χ0v) is 10.6. The Morgan fingerprint density at radius 1 is 1.42 bits per heavy atom. The molecule has 1 aromatic heterocycles. The van der Waals surface area contributed by atoms with Gasteiger partial charge in [0.2, 0.25) is 5.88 Å². The van der Waals surface area contributed by atoms with Gasteiger partial charge in [-0.05, 0) is 12.1 Å². The molecule has 0 aliphatic heterocycles. The molecule has 0 fully saturated rings. The molecule has 98 valence electrons. The number of pyridine rings is 1. The Balaban J connectivity index is 2.20. The lowest BCUT2D eigenvalue weighted by Gasteiger charge is -2.09. The van der Waals surface area contributed by atoms with Crippen molar-refractivity contribution >= 4 is 23.3 Å². The number of nitrogen functional groups attached to an aromatic ring is 1. The van der Waals surface area contributed by atoms with Gasteiger partial charge in [-0.15, -0.1) is 0 Å². The van der Waals surface area contributed by atoms with E-state index in [9.17, 15) is 4.79 Å². The molecule has 1 heterocycles. The number of aromatic carboxylic acids is 1. The molecule has 0 aliphatic carbocycles. The van der Waals surface area contributed by atoms with Crippen LogP contribution in [0.25, 0.3) is 0 Å². The number of nitrogens with zero attached hydrogens (tertiary/aromatic N) is 1. The van der Waals surface area contributed by atoms with Crippen molar-refractivity contribution in [3.63, 3.8) is 0 Å². The Morgan fingerprint density at radius 2 is 2.16 bits per heavy atom. The molecule has 0 saturated carbocycles. The molecular weight excluding hydrogens is 268 g/mol. The summed E-state index contributed by atoms with van der Waals surface area (Å²) in [5.41, 5.74) is 6.43. The average Bonchev–Trinajstić information content (AvgIpc) is 2.38. The van der Waals surface area contributed by atoms with Crippen LogP contribution in [0.1, 0.15) is 15.9 Å². The van der Waals surface area contributed by atoms with Crippen molar-refractivity contribution in [3.8, 4) is 5.88 Å². The van der Waals surface area contributed by atoms with Crippen LogP contribution in [0.15, 0.2) is 36.5 Å². The van der Waals surface area contributed by atoms with Gasteiger partial charge in [0.05, 0.1) is 11.9 Å². The van der Waals surface area contributed by atoms with Crippen molar-refractivity contribution in [3.05, 3.63) is 52.7 Å². The molecule has 0 unspecified atom stereocenters. The summed E-state index contributed by atoms with van der Waals surface area (Å²) in [4.78, 5) is 14.9. The number of aromatic nitrogens is 1. The third-order valence-electron chi connectivity index (χ3n) is 2.42. The number of benzene rings is 1. The van der Waals surface area contributed by atoms with Crippen molar-refractivity contribution in [1.29, 1.82) is 0 Å². The lowest BCUT2D eigenvalue weighted by atomic mass is 10.2. The van der Waals surface area contributed by atoms with E-state index in [1.165, 1.54) is 12.3 Å². The largest absolute Gasteiger partial charge is 0.477 e. The van der Waals surface area contributed by atoms with Gasteiger partial charge in [0.25, 0.3) is 0 Å². The van der Waals surface area contributed by atoms with E-state index >= 15 is 0 Å². The highest BCUT2D eigenvalue weighted by Gasteiger charge is 2.14. The molecule has 5 nitrogen and oxygen atoms in total. The van der Waals surface area contributed by atoms with Gasteiger partial charge in [0.1, 0.15) is 12.2 Å². The molecule has 0 saturated heterocycles. The van der Waals surface area contributed by atoms with Gasteiger partial charge in [0.15, 0.2) is 0 Å². The number of carbonyl (C=O) groups is 1. The normalized spacial score (nSPS) is 10.2. The van der Waals surface area contributed by atoms with E-state index in [2.05, 4.69) is 4.98 Å². The monoisotopic (exact) mass is 278 g/mol. The highest BCUT2D eigenvalue weighted by molar-refractivity contribution is 6.31. The first kappa shape index (κ1) is 13.2. The van der Waals surface area contributed by atoms with Crippen molar-refractivity contribution in [1.82, 2.24) is 4.98 Å². The number of ether oxygens (including phenoxy) is 1. The van der Waals surface area contributed by atoms with E-state index in [1.807, 2.05) is 6.07 Å². The molecule has 1 aromatic carbocycles. The Labute approximate surface area is 114 Å². The number of carboxylic acid groups (broad SMARTS) is 1. The zero-order chi connectivity index (χ0) is 13.8. The molecule has 0 spiro atoms. The second-order valence-electron chi connectivity index (χ2n) is 3.81. The minimum absolute atomic E-state index is 0.0154. The number of nitrogens with two attached hydrogens (primary N) is 1. The standard InChI is InChI=1S/C13H11ClN2O3/c14-11-4-2-1-3-8(11)7-19-12-10(13(17)18)5-9(15)6-16-12/h1-6H,7,15H2,(H,17,18). The zero-order valence-electron chi connectivity index (χ0n) is 9.84. The lowest BCUT2D eigenvalue weighted by Crippen LogP contribution is -2.06. The van der Waals surface area contributed by atoms with Gasteiger partial charge in [-0.2, -0.15) is 0 Å². The van der Waals surface area contributed by atoms with Crippen LogP contribution in [-0.4, -0.2) is 16.1 Å². The van der Waals surface area contributed by atoms with Gasteiger partial charge in [-0.25, -0.2) is 9.78 Å². The van der Waals surface area contributed by atoms with E-state index < -0.39 is 5.97 Å². The Bertz CT molecular complexity index is 617. The minimum atomic E-state index is -1.14.